The maximum atomic E-state index is 14.6. The van der Waals surface area contributed by atoms with Crippen molar-refractivity contribution in [2.24, 2.45) is 0 Å². The Balaban J connectivity index is 1.55. The first-order valence-electron chi connectivity index (χ1n) is 12.7. The van der Waals surface area contributed by atoms with Gasteiger partial charge in [-0.2, -0.15) is 18.3 Å². The third-order valence-electron chi connectivity index (χ3n) is 7.09. The summed E-state index contributed by atoms with van der Waals surface area (Å²) in [6.45, 7) is 7.22. The number of nitrogens with zero attached hydrogens (tertiary/aromatic N) is 6. The minimum atomic E-state index is -4.54. The van der Waals surface area contributed by atoms with Crippen molar-refractivity contribution in [3.05, 3.63) is 71.7 Å². The number of fused-ring (bicyclic) bond motifs is 1. The Morgan fingerprint density at radius 3 is 2.67 bits per heavy atom. The van der Waals surface area contributed by atoms with Crippen LogP contribution in [0.4, 0.5) is 23.4 Å². The van der Waals surface area contributed by atoms with Gasteiger partial charge in [0.25, 0.3) is 0 Å². The number of anilines is 1. The first-order chi connectivity index (χ1) is 19.1. The number of benzene rings is 1. The first-order valence-corrected chi connectivity index (χ1v) is 12.7. The summed E-state index contributed by atoms with van der Waals surface area (Å²) in [5.74, 6) is 0.524. The van der Waals surface area contributed by atoms with E-state index in [1.165, 1.54) is 23.0 Å². The molecule has 1 N–H and O–H groups in total. The van der Waals surface area contributed by atoms with E-state index in [4.69, 9.17) is 14.7 Å². The number of H-pyrrole nitrogens is 1. The molecule has 5 aromatic rings. The lowest BCUT2D eigenvalue weighted by molar-refractivity contribution is -0.137. The van der Waals surface area contributed by atoms with Crippen LogP contribution in [0.5, 0.6) is 0 Å². The molecule has 0 aliphatic carbocycles. The fraction of sp³-hybridized carbons (Fsp3) is 0.286. The molecular formula is C28H25F4N7O. The third kappa shape index (κ3) is 4.57. The third-order valence-corrected chi connectivity index (χ3v) is 7.09. The van der Waals surface area contributed by atoms with E-state index in [0.29, 0.717) is 65.1 Å². The molecule has 0 saturated carbocycles. The molecule has 1 aliphatic heterocycles. The van der Waals surface area contributed by atoms with E-state index in [1.54, 1.807) is 20.0 Å². The quantitative estimate of drug-likeness (QED) is 0.281. The van der Waals surface area contributed by atoms with E-state index < -0.39 is 17.6 Å². The highest BCUT2D eigenvalue weighted by molar-refractivity contribution is 5.94. The lowest BCUT2D eigenvalue weighted by Gasteiger charge is -2.34. The molecule has 0 bridgehead atoms. The molecule has 0 unspecified atom stereocenters. The second kappa shape index (κ2) is 9.70. The molecule has 8 nitrogen and oxygen atoms in total. The smallest absolute Gasteiger partial charge is 0.377 e. The molecule has 206 valence electrons. The Morgan fingerprint density at radius 2 is 1.90 bits per heavy atom. The molecular weight excluding hydrogens is 526 g/mol. The number of aromatic nitrogens is 6. The molecule has 1 saturated heterocycles. The predicted octanol–water partition coefficient (Wildman–Crippen LogP) is 5.87. The Kier molecular flexibility index (Phi) is 6.29. The topological polar surface area (TPSA) is 84.8 Å². The Bertz CT molecular complexity index is 1730. The average Bonchev–Trinajstić information content (AvgIpc) is 3.51. The lowest BCUT2D eigenvalue weighted by atomic mass is 10.1. The number of aryl methyl sites for hydroxylation is 1. The van der Waals surface area contributed by atoms with E-state index in [-0.39, 0.29) is 11.7 Å². The number of aromatic amines is 1. The van der Waals surface area contributed by atoms with Crippen LogP contribution in [0.25, 0.3) is 39.2 Å². The number of pyridine rings is 1. The van der Waals surface area contributed by atoms with E-state index in [9.17, 15) is 17.6 Å². The summed E-state index contributed by atoms with van der Waals surface area (Å²) in [5.41, 5.74) is 2.75. The van der Waals surface area contributed by atoms with E-state index in [1.807, 2.05) is 19.1 Å². The van der Waals surface area contributed by atoms with Crippen LogP contribution in [-0.2, 0) is 10.9 Å². The van der Waals surface area contributed by atoms with Crippen LogP contribution >= 0.6 is 0 Å². The second-order valence-corrected chi connectivity index (χ2v) is 9.83. The summed E-state index contributed by atoms with van der Waals surface area (Å²) in [4.78, 5) is 18.6. The fourth-order valence-electron chi connectivity index (χ4n) is 5.18. The Hall–Kier alpha value is -4.32. The number of morpholine rings is 1. The summed E-state index contributed by atoms with van der Waals surface area (Å²) in [7, 11) is 0. The number of alkyl halides is 3. The van der Waals surface area contributed by atoms with E-state index in [2.05, 4.69) is 20.0 Å². The minimum Gasteiger partial charge on any atom is -0.377 e. The number of hydrogen-bond acceptors (Lipinski definition) is 6. The predicted molar refractivity (Wildman–Crippen MR) is 142 cm³/mol. The normalized spacial score (nSPS) is 16.2. The van der Waals surface area contributed by atoms with Crippen LogP contribution in [-0.4, -0.2) is 55.5 Å². The zero-order valence-electron chi connectivity index (χ0n) is 21.9. The minimum absolute atomic E-state index is 0.0326. The van der Waals surface area contributed by atoms with Gasteiger partial charge < -0.3 is 14.6 Å². The van der Waals surface area contributed by atoms with Gasteiger partial charge in [-0.1, -0.05) is 0 Å². The summed E-state index contributed by atoms with van der Waals surface area (Å²) >= 11 is 0. The molecule has 1 fully saturated rings. The molecule has 12 heteroatoms. The molecule has 1 atom stereocenters. The molecule has 0 radical (unpaired) electrons. The highest BCUT2D eigenvalue weighted by Crippen LogP contribution is 2.35. The van der Waals surface area contributed by atoms with Gasteiger partial charge in [0.2, 0.25) is 0 Å². The Labute approximate surface area is 226 Å². The molecule has 0 amide bonds. The summed E-state index contributed by atoms with van der Waals surface area (Å²) in [5, 5.41) is 5.31. The monoisotopic (exact) mass is 551 g/mol. The van der Waals surface area contributed by atoms with Gasteiger partial charge in [-0.3, -0.25) is 4.98 Å². The molecule has 1 aliphatic rings. The highest BCUT2D eigenvalue weighted by atomic mass is 19.4. The number of rotatable bonds is 4. The van der Waals surface area contributed by atoms with Crippen LogP contribution in [0.2, 0.25) is 0 Å². The van der Waals surface area contributed by atoms with Crippen molar-refractivity contribution in [2.45, 2.75) is 33.0 Å². The van der Waals surface area contributed by atoms with Crippen molar-refractivity contribution in [1.29, 1.82) is 0 Å². The molecule has 4 aromatic heterocycles. The number of hydrogen-bond donors (Lipinski definition) is 1. The van der Waals surface area contributed by atoms with Crippen molar-refractivity contribution >= 4 is 16.7 Å². The Morgan fingerprint density at radius 1 is 1.07 bits per heavy atom. The average molecular weight is 552 g/mol. The maximum absolute atomic E-state index is 14.6. The van der Waals surface area contributed by atoms with Crippen molar-refractivity contribution in [3.63, 3.8) is 0 Å². The van der Waals surface area contributed by atoms with Gasteiger partial charge in [0, 0.05) is 47.0 Å². The summed E-state index contributed by atoms with van der Waals surface area (Å²) < 4.78 is 61.8. The molecule has 1 aromatic carbocycles. The van der Waals surface area contributed by atoms with Crippen LogP contribution in [0.15, 0.2) is 48.9 Å². The van der Waals surface area contributed by atoms with Gasteiger partial charge in [0.15, 0.2) is 5.82 Å². The second-order valence-electron chi connectivity index (χ2n) is 9.83. The largest absolute Gasteiger partial charge is 0.417 e. The number of nitrogens with one attached hydrogen (secondary N) is 1. The van der Waals surface area contributed by atoms with Crippen LogP contribution < -0.4 is 4.90 Å². The lowest BCUT2D eigenvalue weighted by Crippen LogP contribution is -2.44. The van der Waals surface area contributed by atoms with Gasteiger partial charge >= 0.3 is 6.18 Å². The van der Waals surface area contributed by atoms with Crippen LogP contribution in [0.1, 0.15) is 23.9 Å². The van der Waals surface area contributed by atoms with Crippen molar-refractivity contribution in [3.8, 4) is 28.3 Å². The van der Waals surface area contributed by atoms with Gasteiger partial charge in [-0.05, 0) is 45.0 Å². The van der Waals surface area contributed by atoms with Crippen LogP contribution in [0.3, 0.4) is 0 Å². The van der Waals surface area contributed by atoms with Gasteiger partial charge in [0.1, 0.15) is 11.6 Å². The standard InChI is InChI=1S/C28H25F4N7O/c1-15-14-40-7-6-38(15)25-11-24(35-27(36-25)22-9-19(29)10-23-21(22)4-5-34-23)26-16(2)37-39(17(26)3)20-8-18(12-33-13-20)28(30,31)32/h4-5,8-13,15,34H,6-7,14H2,1-3H3/t15-/m1/s1. The van der Waals surface area contributed by atoms with Crippen molar-refractivity contribution in [2.75, 3.05) is 24.7 Å². The van der Waals surface area contributed by atoms with Gasteiger partial charge in [0.05, 0.1) is 53.8 Å². The molecule has 6 rings (SSSR count). The zero-order valence-corrected chi connectivity index (χ0v) is 21.9. The molecule has 5 heterocycles. The SMILES string of the molecule is Cc1nn(-c2cncc(C(F)(F)F)c2)c(C)c1-c1cc(N2CCOC[C@H]2C)nc(-c2cc(F)cc3[nH]ccc23)n1. The highest BCUT2D eigenvalue weighted by Gasteiger charge is 2.32. The first kappa shape index (κ1) is 25.9. The number of halogens is 4. The van der Waals surface area contributed by atoms with E-state index >= 15 is 0 Å². The maximum Gasteiger partial charge on any atom is 0.417 e. The summed E-state index contributed by atoms with van der Waals surface area (Å²) in [6, 6.07) is 7.54. The molecule has 0 spiro atoms. The van der Waals surface area contributed by atoms with Gasteiger partial charge in [-0.15, -0.1) is 0 Å². The van der Waals surface area contributed by atoms with E-state index in [0.717, 1.165) is 17.6 Å². The van der Waals surface area contributed by atoms with Crippen molar-refractivity contribution in [1.82, 2.24) is 29.7 Å². The van der Waals surface area contributed by atoms with Crippen molar-refractivity contribution < 1.29 is 22.3 Å². The molecule has 40 heavy (non-hydrogen) atoms. The fourth-order valence-corrected chi connectivity index (χ4v) is 5.18. The summed E-state index contributed by atoms with van der Waals surface area (Å²) in [6.07, 6.45) is -0.699. The van der Waals surface area contributed by atoms with Crippen LogP contribution in [0, 0.1) is 19.7 Å². The number of ether oxygens (including phenoxy) is 1. The zero-order chi connectivity index (χ0) is 28.2. The van der Waals surface area contributed by atoms with Gasteiger partial charge in [-0.25, -0.2) is 19.0 Å².